The Morgan fingerprint density at radius 2 is 2.25 bits per heavy atom. The van der Waals surface area contributed by atoms with Gasteiger partial charge in [-0.05, 0) is 6.92 Å². The zero-order valence-corrected chi connectivity index (χ0v) is 7.43. The summed E-state index contributed by atoms with van der Waals surface area (Å²) in [6, 6.07) is 0. The van der Waals surface area contributed by atoms with Crippen LogP contribution in [0.25, 0.3) is 0 Å². The van der Waals surface area contributed by atoms with Crippen molar-refractivity contribution in [2.75, 3.05) is 26.2 Å². The Balaban J connectivity index is 3.20. The van der Waals surface area contributed by atoms with Crippen LogP contribution in [-0.4, -0.2) is 32.2 Å². The van der Waals surface area contributed by atoms with Crippen molar-refractivity contribution in [3.63, 3.8) is 0 Å². The molecule has 0 aromatic heterocycles. The fraction of sp³-hybridized carbons (Fsp3) is 0.625. The molecule has 0 unspecified atom stereocenters. The molecule has 70 valence electrons. The molecule has 0 aliphatic carbocycles. The number of ether oxygens (including phenoxy) is 1. The van der Waals surface area contributed by atoms with Crippen molar-refractivity contribution in [3.8, 4) is 0 Å². The first-order valence-electron chi connectivity index (χ1n) is 3.92. The minimum absolute atomic E-state index is 0.343. The van der Waals surface area contributed by atoms with Gasteiger partial charge in [0, 0.05) is 25.2 Å². The predicted octanol–water partition coefficient (Wildman–Crippen LogP) is -0.346. The Labute approximate surface area is 72.8 Å². The minimum atomic E-state index is -0.343. The first kappa shape index (κ1) is 11.1. The number of nitrogens with one attached hydrogen (secondary N) is 1. The van der Waals surface area contributed by atoms with Crippen LogP contribution in [0.4, 0.5) is 0 Å². The predicted molar refractivity (Wildman–Crippen MR) is 47.7 cm³/mol. The summed E-state index contributed by atoms with van der Waals surface area (Å²) in [5.74, 6) is -0.343. The average molecular weight is 172 g/mol. The van der Waals surface area contributed by atoms with Gasteiger partial charge in [-0.25, -0.2) is 4.79 Å². The number of rotatable bonds is 6. The fourth-order valence-electron chi connectivity index (χ4n) is 0.566. The van der Waals surface area contributed by atoms with Crippen LogP contribution in [0, 0.1) is 0 Å². The molecule has 0 bridgehead atoms. The largest absolute Gasteiger partial charge is 0.461 e. The lowest BCUT2D eigenvalue weighted by atomic mass is 10.4. The highest BCUT2D eigenvalue weighted by atomic mass is 16.5. The first-order valence-corrected chi connectivity index (χ1v) is 3.92. The van der Waals surface area contributed by atoms with Crippen LogP contribution < -0.4 is 11.1 Å². The minimum Gasteiger partial charge on any atom is -0.461 e. The van der Waals surface area contributed by atoms with Crippen LogP contribution in [-0.2, 0) is 9.53 Å². The van der Waals surface area contributed by atoms with E-state index in [0.29, 0.717) is 25.3 Å². The SMILES string of the molecule is C=C(C)C(=O)OCCNCCN. The highest BCUT2D eigenvalue weighted by molar-refractivity contribution is 5.86. The van der Waals surface area contributed by atoms with Gasteiger partial charge in [-0.2, -0.15) is 0 Å². The van der Waals surface area contributed by atoms with Crippen molar-refractivity contribution < 1.29 is 9.53 Å². The molecule has 12 heavy (non-hydrogen) atoms. The van der Waals surface area contributed by atoms with E-state index < -0.39 is 0 Å². The Kier molecular flexibility index (Phi) is 6.32. The van der Waals surface area contributed by atoms with E-state index in [1.54, 1.807) is 6.92 Å². The molecular weight excluding hydrogens is 156 g/mol. The number of hydrogen-bond acceptors (Lipinski definition) is 4. The van der Waals surface area contributed by atoms with Crippen molar-refractivity contribution in [2.24, 2.45) is 5.73 Å². The van der Waals surface area contributed by atoms with E-state index >= 15 is 0 Å². The van der Waals surface area contributed by atoms with Gasteiger partial charge in [-0.3, -0.25) is 0 Å². The summed E-state index contributed by atoms with van der Waals surface area (Å²) in [5.41, 5.74) is 5.66. The van der Waals surface area contributed by atoms with Crippen molar-refractivity contribution in [1.29, 1.82) is 0 Å². The van der Waals surface area contributed by atoms with Gasteiger partial charge in [-0.1, -0.05) is 6.58 Å². The van der Waals surface area contributed by atoms with Crippen LogP contribution >= 0.6 is 0 Å². The van der Waals surface area contributed by atoms with Crippen molar-refractivity contribution in [1.82, 2.24) is 5.32 Å². The van der Waals surface area contributed by atoms with Crippen LogP contribution in [0.2, 0.25) is 0 Å². The van der Waals surface area contributed by atoms with E-state index in [9.17, 15) is 4.79 Å². The van der Waals surface area contributed by atoms with Crippen molar-refractivity contribution >= 4 is 5.97 Å². The molecule has 3 N–H and O–H groups in total. The Hall–Kier alpha value is -0.870. The van der Waals surface area contributed by atoms with Gasteiger partial charge >= 0.3 is 5.97 Å². The second-order valence-corrected chi connectivity index (χ2v) is 2.45. The molecule has 0 aliphatic rings. The van der Waals surface area contributed by atoms with Crippen LogP contribution in [0.15, 0.2) is 12.2 Å². The molecule has 0 atom stereocenters. The number of carbonyl (C=O) groups excluding carboxylic acids is 1. The molecule has 0 saturated heterocycles. The van der Waals surface area contributed by atoms with Gasteiger partial charge in [0.15, 0.2) is 0 Å². The van der Waals surface area contributed by atoms with Crippen LogP contribution in [0.5, 0.6) is 0 Å². The highest BCUT2D eigenvalue weighted by Crippen LogP contribution is 1.90. The number of nitrogens with two attached hydrogens (primary N) is 1. The van der Waals surface area contributed by atoms with Gasteiger partial charge in [0.25, 0.3) is 0 Å². The standard InChI is InChI=1S/C8H16N2O2/c1-7(2)8(11)12-6-5-10-4-3-9/h10H,1,3-6,9H2,2H3. The summed E-state index contributed by atoms with van der Waals surface area (Å²) >= 11 is 0. The smallest absolute Gasteiger partial charge is 0.333 e. The summed E-state index contributed by atoms with van der Waals surface area (Å²) in [5, 5.41) is 3.00. The zero-order valence-electron chi connectivity index (χ0n) is 7.43. The molecule has 4 nitrogen and oxygen atoms in total. The maximum absolute atomic E-state index is 10.8. The average Bonchev–Trinajstić information content (AvgIpc) is 2.03. The van der Waals surface area contributed by atoms with Gasteiger partial charge < -0.3 is 15.8 Å². The van der Waals surface area contributed by atoms with E-state index in [2.05, 4.69) is 11.9 Å². The van der Waals surface area contributed by atoms with Gasteiger partial charge in [0.2, 0.25) is 0 Å². The number of carbonyl (C=O) groups is 1. The second kappa shape index (κ2) is 6.82. The maximum Gasteiger partial charge on any atom is 0.333 e. The van der Waals surface area contributed by atoms with E-state index in [1.807, 2.05) is 0 Å². The first-order chi connectivity index (χ1) is 5.68. The molecule has 0 rings (SSSR count). The molecule has 4 heteroatoms. The lowest BCUT2D eigenvalue weighted by Gasteiger charge is -2.04. The fourth-order valence-corrected chi connectivity index (χ4v) is 0.566. The van der Waals surface area contributed by atoms with Gasteiger partial charge in [0.1, 0.15) is 6.61 Å². The zero-order chi connectivity index (χ0) is 9.40. The molecule has 0 spiro atoms. The molecule has 0 heterocycles. The summed E-state index contributed by atoms with van der Waals surface area (Å²) < 4.78 is 4.81. The molecule has 0 aliphatic heterocycles. The van der Waals surface area contributed by atoms with E-state index in [-0.39, 0.29) is 5.97 Å². The van der Waals surface area contributed by atoms with Crippen molar-refractivity contribution in [3.05, 3.63) is 12.2 Å². The van der Waals surface area contributed by atoms with E-state index in [0.717, 1.165) is 6.54 Å². The van der Waals surface area contributed by atoms with Gasteiger partial charge in [0.05, 0.1) is 0 Å². The summed E-state index contributed by atoms with van der Waals surface area (Å²) in [6.07, 6.45) is 0. The lowest BCUT2D eigenvalue weighted by molar-refractivity contribution is -0.138. The number of esters is 1. The molecule has 0 amide bonds. The second-order valence-electron chi connectivity index (χ2n) is 2.45. The topological polar surface area (TPSA) is 64.3 Å². The summed E-state index contributed by atoms with van der Waals surface area (Å²) in [4.78, 5) is 10.8. The monoisotopic (exact) mass is 172 g/mol. The van der Waals surface area contributed by atoms with E-state index in [1.165, 1.54) is 0 Å². The molecule has 0 aromatic rings. The van der Waals surface area contributed by atoms with Gasteiger partial charge in [-0.15, -0.1) is 0 Å². The molecule has 0 radical (unpaired) electrons. The Morgan fingerprint density at radius 1 is 1.58 bits per heavy atom. The molecule has 0 fully saturated rings. The third-order valence-corrected chi connectivity index (χ3v) is 1.18. The maximum atomic E-state index is 10.8. The van der Waals surface area contributed by atoms with Crippen LogP contribution in [0.1, 0.15) is 6.92 Å². The third-order valence-electron chi connectivity index (χ3n) is 1.18. The third kappa shape index (κ3) is 5.88. The van der Waals surface area contributed by atoms with Crippen molar-refractivity contribution in [2.45, 2.75) is 6.92 Å². The van der Waals surface area contributed by atoms with E-state index in [4.69, 9.17) is 10.5 Å². The highest BCUT2D eigenvalue weighted by Gasteiger charge is 2.00. The summed E-state index contributed by atoms with van der Waals surface area (Å²) in [7, 11) is 0. The normalized spacial score (nSPS) is 9.50. The lowest BCUT2D eigenvalue weighted by Crippen LogP contribution is -2.26. The summed E-state index contributed by atoms with van der Waals surface area (Å²) in [6.45, 7) is 7.41. The number of hydrogen-bond donors (Lipinski definition) is 2. The molecular formula is C8H16N2O2. The Bertz CT molecular complexity index is 157. The Morgan fingerprint density at radius 3 is 2.75 bits per heavy atom. The molecule has 0 aromatic carbocycles. The molecule has 0 saturated carbocycles. The quantitative estimate of drug-likeness (QED) is 0.327. The van der Waals surface area contributed by atoms with Crippen LogP contribution in [0.3, 0.4) is 0 Å².